The first-order chi connectivity index (χ1) is 10.1. The third-order valence-corrected chi connectivity index (χ3v) is 5.02. The molecule has 1 fully saturated rings. The summed E-state index contributed by atoms with van der Waals surface area (Å²) in [4.78, 5) is 10.1. The number of thioether (sulfide) groups is 1. The van der Waals surface area contributed by atoms with E-state index in [4.69, 9.17) is 0 Å². The van der Waals surface area contributed by atoms with Crippen LogP contribution in [0.1, 0.15) is 25.7 Å². The van der Waals surface area contributed by atoms with Gasteiger partial charge in [-0.15, -0.1) is 0 Å². The molecule has 1 aromatic rings. The predicted octanol–water partition coefficient (Wildman–Crippen LogP) is 1.42. The highest BCUT2D eigenvalue weighted by atomic mass is 32.2. The maximum atomic E-state index is 10.6. The van der Waals surface area contributed by atoms with Gasteiger partial charge in [0, 0.05) is 17.8 Å². The van der Waals surface area contributed by atoms with E-state index in [1.54, 1.807) is 0 Å². The Balaban J connectivity index is 1.69. The highest BCUT2D eigenvalue weighted by Crippen LogP contribution is 2.26. The average molecular weight is 314 g/mol. The van der Waals surface area contributed by atoms with Crippen molar-refractivity contribution in [3.8, 4) is 0 Å². The van der Waals surface area contributed by atoms with Gasteiger partial charge in [-0.3, -0.25) is 14.8 Å². The Morgan fingerprint density at radius 2 is 2.29 bits per heavy atom. The summed E-state index contributed by atoms with van der Waals surface area (Å²) >= 11 is 1.93. The number of nitrogens with zero attached hydrogens (tertiary/aromatic N) is 3. The molecule has 0 saturated heterocycles. The van der Waals surface area contributed by atoms with Crippen molar-refractivity contribution >= 4 is 17.4 Å². The molecule has 1 atom stereocenters. The molecule has 7 nitrogen and oxygen atoms in total. The van der Waals surface area contributed by atoms with Crippen LogP contribution < -0.4 is 5.32 Å². The summed E-state index contributed by atoms with van der Waals surface area (Å²) in [6.07, 6.45) is 8.84. The van der Waals surface area contributed by atoms with E-state index >= 15 is 0 Å². The van der Waals surface area contributed by atoms with Crippen molar-refractivity contribution in [3.05, 3.63) is 22.5 Å². The van der Waals surface area contributed by atoms with Crippen LogP contribution in [0.5, 0.6) is 0 Å². The van der Waals surface area contributed by atoms with Crippen molar-refractivity contribution in [1.82, 2.24) is 15.1 Å². The highest BCUT2D eigenvalue weighted by Gasteiger charge is 2.20. The summed E-state index contributed by atoms with van der Waals surface area (Å²) < 4.78 is 1.41. The van der Waals surface area contributed by atoms with Crippen LogP contribution in [0, 0.1) is 10.1 Å². The van der Waals surface area contributed by atoms with Crippen LogP contribution in [-0.4, -0.2) is 50.0 Å². The lowest BCUT2D eigenvalue weighted by Crippen LogP contribution is -2.39. The molecule has 0 bridgehead atoms. The number of hydrogen-bond donors (Lipinski definition) is 2. The first-order valence-electron chi connectivity index (χ1n) is 7.19. The Kier molecular flexibility index (Phi) is 6.01. The van der Waals surface area contributed by atoms with Gasteiger partial charge in [-0.05, 0) is 31.9 Å². The number of rotatable bonds is 7. The summed E-state index contributed by atoms with van der Waals surface area (Å²) in [7, 11) is 0. The summed E-state index contributed by atoms with van der Waals surface area (Å²) in [5, 5.41) is 28.6. The third kappa shape index (κ3) is 4.98. The van der Waals surface area contributed by atoms with Crippen molar-refractivity contribution in [2.45, 2.75) is 49.6 Å². The van der Waals surface area contributed by atoms with Gasteiger partial charge < -0.3 is 10.4 Å². The van der Waals surface area contributed by atoms with E-state index in [0.29, 0.717) is 12.6 Å². The van der Waals surface area contributed by atoms with Crippen LogP contribution in [0.15, 0.2) is 12.4 Å². The van der Waals surface area contributed by atoms with Crippen LogP contribution in [0.2, 0.25) is 0 Å². The van der Waals surface area contributed by atoms with Crippen molar-refractivity contribution in [2.75, 3.05) is 12.8 Å². The van der Waals surface area contributed by atoms with E-state index in [1.165, 1.54) is 29.9 Å². The molecule has 1 heterocycles. The van der Waals surface area contributed by atoms with Gasteiger partial charge in [0.25, 0.3) is 0 Å². The van der Waals surface area contributed by atoms with Gasteiger partial charge >= 0.3 is 5.69 Å². The average Bonchev–Trinajstić information content (AvgIpc) is 2.94. The molecule has 8 heteroatoms. The standard InChI is InChI=1S/C13H22N4O3S/c1-21-13-4-2-10(3-5-13)14-7-12(18)9-16-8-11(6-15-16)17(19)20/h6,8,10,12-14,18H,2-5,7,9H2,1H3. The van der Waals surface area contributed by atoms with Crippen molar-refractivity contribution in [2.24, 2.45) is 0 Å². The fraction of sp³-hybridized carbons (Fsp3) is 0.769. The summed E-state index contributed by atoms with van der Waals surface area (Å²) in [5.74, 6) is 0. The van der Waals surface area contributed by atoms with Crippen LogP contribution in [0.25, 0.3) is 0 Å². The number of nitro groups is 1. The van der Waals surface area contributed by atoms with Crippen molar-refractivity contribution in [1.29, 1.82) is 0 Å². The van der Waals surface area contributed by atoms with Crippen LogP contribution >= 0.6 is 11.8 Å². The topological polar surface area (TPSA) is 93.2 Å². The SMILES string of the molecule is CSC1CCC(NCC(O)Cn2cc([N+](=O)[O-])cn2)CC1. The molecule has 0 spiro atoms. The number of aromatic nitrogens is 2. The first kappa shape index (κ1) is 16.3. The Morgan fingerprint density at radius 1 is 1.57 bits per heavy atom. The lowest BCUT2D eigenvalue weighted by atomic mass is 9.95. The quantitative estimate of drug-likeness (QED) is 0.584. The smallest absolute Gasteiger partial charge is 0.306 e. The molecule has 0 radical (unpaired) electrons. The minimum atomic E-state index is -0.595. The van der Waals surface area contributed by atoms with Gasteiger partial charge in [-0.1, -0.05) is 0 Å². The van der Waals surface area contributed by atoms with Gasteiger partial charge in [-0.25, -0.2) is 0 Å². The van der Waals surface area contributed by atoms with E-state index in [1.807, 2.05) is 11.8 Å². The van der Waals surface area contributed by atoms with Gasteiger partial charge in [0.05, 0.1) is 17.6 Å². The fourth-order valence-electron chi connectivity index (χ4n) is 2.63. The van der Waals surface area contributed by atoms with E-state index in [2.05, 4.69) is 16.7 Å². The van der Waals surface area contributed by atoms with E-state index in [0.717, 1.165) is 18.1 Å². The second kappa shape index (κ2) is 7.77. The summed E-state index contributed by atoms with van der Waals surface area (Å²) in [6.45, 7) is 0.753. The molecule has 0 aliphatic heterocycles. The second-order valence-corrected chi connectivity index (χ2v) is 6.59. The summed E-state index contributed by atoms with van der Waals surface area (Å²) in [5.41, 5.74) is -0.0504. The van der Waals surface area contributed by atoms with Gasteiger partial charge in [0.2, 0.25) is 0 Å². The molecule has 1 aromatic heterocycles. The fourth-order valence-corrected chi connectivity index (χ4v) is 3.38. The number of aliphatic hydroxyl groups is 1. The first-order valence-corrected chi connectivity index (χ1v) is 8.48. The molecule has 21 heavy (non-hydrogen) atoms. The minimum Gasteiger partial charge on any atom is -0.390 e. The lowest BCUT2D eigenvalue weighted by molar-refractivity contribution is -0.385. The Bertz CT molecular complexity index is 460. The zero-order valence-corrected chi connectivity index (χ0v) is 13.0. The van der Waals surface area contributed by atoms with E-state index < -0.39 is 11.0 Å². The number of hydrogen-bond acceptors (Lipinski definition) is 6. The molecule has 1 unspecified atom stereocenters. The van der Waals surface area contributed by atoms with Gasteiger partial charge in [0.1, 0.15) is 12.4 Å². The zero-order chi connectivity index (χ0) is 15.2. The molecule has 0 amide bonds. The zero-order valence-electron chi connectivity index (χ0n) is 12.1. The van der Waals surface area contributed by atoms with Crippen LogP contribution in [0.3, 0.4) is 0 Å². The van der Waals surface area contributed by atoms with Gasteiger partial charge in [-0.2, -0.15) is 16.9 Å². The lowest BCUT2D eigenvalue weighted by Gasteiger charge is -2.28. The molecule has 1 aliphatic carbocycles. The molecule has 2 N–H and O–H groups in total. The molecular weight excluding hydrogens is 292 g/mol. The Morgan fingerprint density at radius 3 is 2.86 bits per heavy atom. The second-order valence-electron chi connectivity index (χ2n) is 5.45. The minimum absolute atomic E-state index is 0.0504. The van der Waals surface area contributed by atoms with Crippen LogP contribution in [-0.2, 0) is 6.54 Å². The Labute approximate surface area is 128 Å². The van der Waals surface area contributed by atoms with Crippen LogP contribution in [0.4, 0.5) is 5.69 Å². The molecule has 1 saturated carbocycles. The van der Waals surface area contributed by atoms with E-state index in [9.17, 15) is 15.2 Å². The molecule has 0 aromatic carbocycles. The van der Waals surface area contributed by atoms with Crippen molar-refractivity contribution in [3.63, 3.8) is 0 Å². The van der Waals surface area contributed by atoms with E-state index in [-0.39, 0.29) is 12.2 Å². The predicted molar refractivity (Wildman–Crippen MR) is 82.4 cm³/mol. The number of aliphatic hydroxyl groups excluding tert-OH is 1. The maximum absolute atomic E-state index is 10.6. The molecule has 2 rings (SSSR count). The highest BCUT2D eigenvalue weighted by molar-refractivity contribution is 7.99. The third-order valence-electron chi connectivity index (χ3n) is 3.88. The number of nitrogens with one attached hydrogen (secondary N) is 1. The molecule has 1 aliphatic rings. The Hall–Kier alpha value is -1.12. The summed E-state index contributed by atoms with van der Waals surface area (Å²) in [6, 6.07) is 0.468. The monoisotopic (exact) mass is 314 g/mol. The van der Waals surface area contributed by atoms with Gasteiger partial charge in [0.15, 0.2) is 0 Å². The van der Waals surface area contributed by atoms with Crippen molar-refractivity contribution < 1.29 is 10.0 Å². The molecule has 118 valence electrons. The largest absolute Gasteiger partial charge is 0.390 e. The molecular formula is C13H22N4O3S. The normalized spacial score (nSPS) is 23.9. The maximum Gasteiger partial charge on any atom is 0.306 e.